The van der Waals surface area contributed by atoms with Gasteiger partial charge in [-0.3, -0.25) is 4.31 Å². The van der Waals surface area contributed by atoms with Crippen LogP contribution in [-0.4, -0.2) is 57.1 Å². The molecule has 0 fully saturated rings. The molecule has 0 saturated heterocycles. The number of hydrogen-bond acceptors (Lipinski definition) is 9. The second kappa shape index (κ2) is 9.54. The lowest BCUT2D eigenvalue weighted by Crippen LogP contribution is -2.26. The van der Waals surface area contributed by atoms with Crippen molar-refractivity contribution in [3.05, 3.63) is 47.7 Å². The number of ether oxygens (including phenoxy) is 1. The van der Waals surface area contributed by atoms with Gasteiger partial charge in [0.15, 0.2) is 11.6 Å². The average molecular weight is 511 g/mol. The molecule has 2 heterocycles. The molecule has 2 aromatic heterocycles. The molecule has 0 unspecified atom stereocenters. The average Bonchev–Trinajstić information content (AvgIpc) is 2.74. The molecule has 0 atom stereocenters. The van der Waals surface area contributed by atoms with E-state index in [0.717, 1.165) is 10.6 Å². The first kappa shape index (κ1) is 24.8. The Balaban J connectivity index is 1.93. The first-order valence-electron chi connectivity index (χ1n) is 9.59. The van der Waals surface area contributed by atoms with Crippen LogP contribution in [0.1, 0.15) is 0 Å². The quantitative estimate of drug-likeness (QED) is 0.436. The van der Waals surface area contributed by atoms with E-state index >= 15 is 0 Å². The second-order valence-corrected chi connectivity index (χ2v) is 13.1. The summed E-state index contributed by atoms with van der Waals surface area (Å²) >= 11 is 6.28. The smallest absolute Gasteiger partial charge is 0.233 e. The number of hydrogen-bond donors (Lipinski definition) is 2. The lowest BCUT2D eigenvalue weighted by molar-refractivity contribution is 0.417. The third-order valence-electron chi connectivity index (χ3n) is 4.63. The van der Waals surface area contributed by atoms with E-state index in [2.05, 4.69) is 25.6 Å². The number of anilines is 5. The molecule has 0 spiro atoms. The summed E-state index contributed by atoms with van der Waals surface area (Å²) in [4.78, 5) is 12.7. The van der Waals surface area contributed by atoms with E-state index < -0.39 is 17.2 Å². The Morgan fingerprint density at radius 3 is 2.48 bits per heavy atom. The van der Waals surface area contributed by atoms with Crippen molar-refractivity contribution >= 4 is 63.0 Å². The van der Waals surface area contributed by atoms with Crippen molar-refractivity contribution in [2.24, 2.45) is 0 Å². The van der Waals surface area contributed by atoms with Crippen molar-refractivity contribution in [2.45, 2.75) is 0 Å². The Bertz CT molecular complexity index is 1330. The molecule has 0 amide bonds. The van der Waals surface area contributed by atoms with Crippen LogP contribution >= 0.6 is 18.7 Å². The zero-order valence-electron chi connectivity index (χ0n) is 18.7. The van der Waals surface area contributed by atoms with Crippen LogP contribution in [0.5, 0.6) is 5.75 Å². The summed E-state index contributed by atoms with van der Waals surface area (Å²) in [6.07, 6.45) is 3.97. The monoisotopic (exact) mass is 510 g/mol. The van der Waals surface area contributed by atoms with Crippen molar-refractivity contribution in [3.8, 4) is 5.75 Å². The number of pyridine rings is 1. The minimum atomic E-state index is -3.53. The summed E-state index contributed by atoms with van der Waals surface area (Å²) in [6.45, 7) is 3.37. The topological polar surface area (TPSA) is 126 Å². The fraction of sp³-hybridized carbons (Fsp3) is 0.250. The van der Waals surface area contributed by atoms with Gasteiger partial charge in [-0.15, -0.1) is 0 Å². The van der Waals surface area contributed by atoms with Crippen molar-refractivity contribution < 1.29 is 17.7 Å². The summed E-state index contributed by atoms with van der Waals surface area (Å²) in [5.41, 5.74) is 0.961. The molecule has 176 valence electrons. The van der Waals surface area contributed by atoms with E-state index in [1.807, 2.05) is 0 Å². The van der Waals surface area contributed by atoms with Gasteiger partial charge in [0, 0.05) is 18.5 Å². The highest BCUT2D eigenvalue weighted by Gasteiger charge is 2.19. The van der Waals surface area contributed by atoms with Gasteiger partial charge in [-0.05, 0) is 43.7 Å². The van der Waals surface area contributed by atoms with Crippen LogP contribution < -0.4 is 25.0 Å². The molecule has 0 aliphatic rings. The highest BCUT2D eigenvalue weighted by molar-refractivity contribution is 7.92. The Morgan fingerprint density at radius 1 is 1.12 bits per heavy atom. The fourth-order valence-corrected chi connectivity index (χ4v) is 4.24. The maximum atomic E-state index is 12.4. The van der Waals surface area contributed by atoms with E-state index in [0.29, 0.717) is 22.4 Å². The SMILES string of the molecule is COc1cc(P(C)(C)=O)ccc1Nc1ncc(Cl)c(Nc2cccnc2N(C)S(C)(=O)=O)n1. The van der Waals surface area contributed by atoms with Crippen LogP contribution in [0.4, 0.5) is 29.0 Å². The molecule has 10 nitrogen and oxygen atoms in total. The standard InChI is InChI=1S/C20H24ClN6O4PS/c1-27(33(5,29)30)19-16(7-6-10-22-19)24-18-14(21)12-23-20(26-18)25-15-9-8-13(32(3,4)28)11-17(15)31-2/h6-12H,1-5H3,(H2,23,24,25,26). The minimum absolute atomic E-state index is 0.185. The summed E-state index contributed by atoms with van der Waals surface area (Å²) in [7, 11) is -3.08. The van der Waals surface area contributed by atoms with Gasteiger partial charge >= 0.3 is 0 Å². The lowest BCUT2D eigenvalue weighted by Gasteiger charge is -2.19. The van der Waals surface area contributed by atoms with Gasteiger partial charge in [0.1, 0.15) is 17.9 Å². The zero-order chi connectivity index (χ0) is 24.4. The highest BCUT2D eigenvalue weighted by Crippen LogP contribution is 2.38. The summed E-state index contributed by atoms with van der Waals surface area (Å²) < 4.78 is 42.8. The molecule has 0 saturated carbocycles. The number of aromatic nitrogens is 3. The van der Waals surface area contributed by atoms with Gasteiger partial charge in [-0.1, -0.05) is 11.6 Å². The van der Waals surface area contributed by atoms with E-state index in [4.69, 9.17) is 16.3 Å². The first-order valence-corrected chi connectivity index (χ1v) is 14.4. The number of rotatable bonds is 8. The third kappa shape index (κ3) is 5.93. The molecule has 0 aliphatic heterocycles. The Hall–Kier alpha value is -2.88. The van der Waals surface area contributed by atoms with E-state index in [1.54, 1.807) is 43.7 Å². The van der Waals surface area contributed by atoms with Gasteiger partial charge in [0.2, 0.25) is 16.0 Å². The summed E-state index contributed by atoms with van der Waals surface area (Å²) in [5.74, 6) is 1.12. The highest BCUT2D eigenvalue weighted by atomic mass is 35.5. The molecule has 0 bridgehead atoms. The molecule has 2 N–H and O–H groups in total. The van der Waals surface area contributed by atoms with Gasteiger partial charge < -0.3 is 19.9 Å². The molecular weight excluding hydrogens is 487 g/mol. The molecule has 0 radical (unpaired) electrons. The molecule has 13 heteroatoms. The number of sulfonamides is 1. The van der Waals surface area contributed by atoms with Gasteiger partial charge in [-0.25, -0.2) is 18.4 Å². The number of nitrogens with one attached hydrogen (secondary N) is 2. The maximum Gasteiger partial charge on any atom is 0.233 e. The number of benzene rings is 1. The Labute approximate surface area is 197 Å². The van der Waals surface area contributed by atoms with E-state index in [1.165, 1.54) is 26.6 Å². The fourth-order valence-electron chi connectivity index (χ4n) is 2.78. The molecule has 3 rings (SSSR count). The van der Waals surface area contributed by atoms with Gasteiger partial charge in [0.05, 0.1) is 30.9 Å². The Morgan fingerprint density at radius 2 is 1.85 bits per heavy atom. The van der Waals surface area contributed by atoms with Crippen LogP contribution in [0, 0.1) is 0 Å². The van der Waals surface area contributed by atoms with Crippen LogP contribution in [0.3, 0.4) is 0 Å². The maximum absolute atomic E-state index is 12.4. The first-order chi connectivity index (χ1) is 15.4. The summed E-state index contributed by atoms with van der Waals surface area (Å²) in [6, 6.07) is 8.51. The number of methoxy groups -OCH3 is 1. The molecule has 33 heavy (non-hydrogen) atoms. The number of nitrogens with zero attached hydrogens (tertiary/aromatic N) is 4. The number of halogens is 1. The summed E-state index contributed by atoms with van der Waals surface area (Å²) in [5, 5.41) is 6.98. The van der Waals surface area contributed by atoms with Crippen LogP contribution in [0.2, 0.25) is 5.02 Å². The zero-order valence-corrected chi connectivity index (χ0v) is 21.2. The Kier molecular flexibility index (Phi) is 7.16. The van der Waals surface area contributed by atoms with Gasteiger partial charge in [0.25, 0.3) is 0 Å². The van der Waals surface area contributed by atoms with E-state index in [9.17, 15) is 13.0 Å². The largest absolute Gasteiger partial charge is 0.495 e. The van der Waals surface area contributed by atoms with Crippen molar-refractivity contribution in [1.82, 2.24) is 15.0 Å². The molecule has 0 aliphatic carbocycles. The predicted octanol–water partition coefficient (Wildman–Crippen LogP) is 3.66. The molecule has 1 aromatic carbocycles. The predicted molar refractivity (Wildman–Crippen MR) is 133 cm³/mol. The van der Waals surface area contributed by atoms with Crippen LogP contribution in [-0.2, 0) is 14.6 Å². The molecule has 3 aromatic rings. The normalized spacial score (nSPS) is 11.7. The van der Waals surface area contributed by atoms with Crippen molar-refractivity contribution in [1.29, 1.82) is 0 Å². The molecular formula is C20H24ClN6O4PS. The van der Waals surface area contributed by atoms with Crippen LogP contribution in [0.25, 0.3) is 0 Å². The van der Waals surface area contributed by atoms with Crippen molar-refractivity contribution in [3.63, 3.8) is 0 Å². The van der Waals surface area contributed by atoms with E-state index in [-0.39, 0.29) is 22.6 Å². The van der Waals surface area contributed by atoms with Crippen molar-refractivity contribution in [2.75, 3.05) is 48.7 Å². The minimum Gasteiger partial charge on any atom is -0.495 e. The third-order valence-corrected chi connectivity index (χ3v) is 7.60. The van der Waals surface area contributed by atoms with Gasteiger partial charge in [-0.2, -0.15) is 4.98 Å². The van der Waals surface area contributed by atoms with Crippen LogP contribution in [0.15, 0.2) is 42.7 Å². The lowest BCUT2D eigenvalue weighted by atomic mass is 10.3. The second-order valence-electron chi connectivity index (χ2n) is 7.48.